The first-order valence-corrected chi connectivity index (χ1v) is 11.9. The minimum absolute atomic E-state index is 0.118. The fourth-order valence-electron chi connectivity index (χ4n) is 3.79. The van der Waals surface area contributed by atoms with Gasteiger partial charge in [-0.05, 0) is 32.9 Å². The third-order valence-corrected chi connectivity index (χ3v) is 6.45. The Balaban J connectivity index is 1.75. The van der Waals surface area contributed by atoms with Crippen molar-refractivity contribution in [3.8, 4) is 22.6 Å². The van der Waals surface area contributed by atoms with E-state index in [9.17, 15) is 4.79 Å². The Bertz CT molecular complexity index is 1220. The number of carbonyl (C=O) groups is 1. The molecule has 4 rings (SSSR count). The van der Waals surface area contributed by atoms with Crippen LogP contribution in [0.5, 0.6) is 0 Å². The number of benzene rings is 2. The second-order valence-electron chi connectivity index (χ2n) is 7.34. The molecule has 164 valence electrons. The van der Waals surface area contributed by atoms with E-state index < -0.39 is 0 Å². The molecule has 0 bridgehead atoms. The van der Waals surface area contributed by atoms with E-state index in [1.807, 2.05) is 55.1 Å². The number of hydrogen-bond donors (Lipinski definition) is 0. The van der Waals surface area contributed by atoms with Crippen LogP contribution in [0.15, 0.2) is 65.8 Å². The zero-order valence-corrected chi connectivity index (χ0v) is 19.5. The Hall–Kier alpha value is -3.19. The molecule has 0 radical (unpaired) electrons. The molecule has 0 aliphatic heterocycles. The molecule has 2 aromatic heterocycles. The topological polar surface area (TPSA) is 63.9 Å². The molecule has 0 spiro atoms. The number of nitrogens with zero attached hydrogens (tertiary/aromatic N) is 5. The van der Waals surface area contributed by atoms with Gasteiger partial charge in [0.1, 0.15) is 0 Å². The highest BCUT2D eigenvalue weighted by atomic mass is 32.2. The summed E-state index contributed by atoms with van der Waals surface area (Å²) in [6, 6.07) is 20.3. The third kappa shape index (κ3) is 4.39. The van der Waals surface area contributed by atoms with Gasteiger partial charge in [0.05, 0.1) is 17.0 Å². The van der Waals surface area contributed by atoms with Crippen molar-refractivity contribution in [3.63, 3.8) is 0 Å². The van der Waals surface area contributed by atoms with Crippen molar-refractivity contribution < 1.29 is 4.79 Å². The lowest BCUT2D eigenvalue weighted by atomic mass is 10.0. The van der Waals surface area contributed by atoms with Crippen molar-refractivity contribution in [1.29, 1.82) is 0 Å². The van der Waals surface area contributed by atoms with E-state index in [0.29, 0.717) is 25.4 Å². The van der Waals surface area contributed by atoms with Crippen LogP contribution >= 0.6 is 11.8 Å². The second-order valence-corrected chi connectivity index (χ2v) is 8.29. The molecular formula is C25H27N5OS. The lowest BCUT2D eigenvalue weighted by Crippen LogP contribution is -2.31. The highest BCUT2D eigenvalue weighted by molar-refractivity contribution is 7.99. The fourth-order valence-corrected chi connectivity index (χ4v) is 4.70. The van der Waals surface area contributed by atoms with Gasteiger partial charge in [-0.1, -0.05) is 60.3 Å². The minimum Gasteiger partial charge on any atom is -0.343 e. The Morgan fingerprint density at radius 3 is 2.41 bits per heavy atom. The maximum absolute atomic E-state index is 12.5. The first-order valence-electron chi connectivity index (χ1n) is 11.0. The Labute approximate surface area is 192 Å². The van der Waals surface area contributed by atoms with Crippen molar-refractivity contribution in [3.05, 3.63) is 60.7 Å². The summed E-state index contributed by atoms with van der Waals surface area (Å²) in [6.07, 6.45) is 0. The predicted octanol–water partition coefficient (Wildman–Crippen LogP) is 5.14. The minimum atomic E-state index is 0.118. The van der Waals surface area contributed by atoms with Crippen LogP contribution in [0.2, 0.25) is 0 Å². The molecule has 0 N–H and O–H groups in total. The second kappa shape index (κ2) is 9.96. The number of rotatable bonds is 8. The van der Waals surface area contributed by atoms with Gasteiger partial charge < -0.3 is 9.47 Å². The summed E-state index contributed by atoms with van der Waals surface area (Å²) in [6.45, 7) is 8.21. The average molecular weight is 446 g/mol. The molecule has 0 atom stereocenters. The molecule has 1 amide bonds. The number of para-hydroxylation sites is 1. The van der Waals surface area contributed by atoms with Crippen LogP contribution in [0.1, 0.15) is 20.8 Å². The summed E-state index contributed by atoms with van der Waals surface area (Å²) in [7, 11) is 0. The van der Waals surface area contributed by atoms with E-state index in [4.69, 9.17) is 4.98 Å². The molecule has 0 fully saturated rings. The molecule has 2 aromatic carbocycles. The highest BCUT2D eigenvalue weighted by Gasteiger charge is 2.19. The van der Waals surface area contributed by atoms with Gasteiger partial charge in [-0.2, -0.15) is 0 Å². The number of fused-ring (bicyclic) bond motifs is 1. The normalized spacial score (nSPS) is 11.1. The number of aromatic nitrogens is 4. The van der Waals surface area contributed by atoms with Gasteiger partial charge in [-0.3, -0.25) is 4.79 Å². The molecule has 7 heteroatoms. The monoisotopic (exact) mass is 445 g/mol. The van der Waals surface area contributed by atoms with Crippen LogP contribution in [-0.2, 0) is 11.3 Å². The molecule has 0 aliphatic rings. The molecule has 6 nitrogen and oxygen atoms in total. The summed E-state index contributed by atoms with van der Waals surface area (Å²) >= 11 is 1.44. The molecule has 0 saturated carbocycles. The Morgan fingerprint density at radius 2 is 1.69 bits per heavy atom. The third-order valence-electron chi connectivity index (χ3n) is 5.50. The van der Waals surface area contributed by atoms with E-state index in [1.165, 1.54) is 11.8 Å². The van der Waals surface area contributed by atoms with Gasteiger partial charge in [-0.25, -0.2) is 4.98 Å². The smallest absolute Gasteiger partial charge is 0.233 e. The molecule has 2 heterocycles. The van der Waals surface area contributed by atoms with Crippen molar-refractivity contribution >= 4 is 28.6 Å². The van der Waals surface area contributed by atoms with Gasteiger partial charge >= 0.3 is 0 Å². The number of hydrogen-bond acceptors (Lipinski definition) is 5. The molecule has 0 saturated heterocycles. The van der Waals surface area contributed by atoms with E-state index >= 15 is 0 Å². The number of thioether (sulfide) groups is 1. The molecule has 32 heavy (non-hydrogen) atoms. The quantitative estimate of drug-likeness (QED) is 0.351. The summed E-state index contributed by atoms with van der Waals surface area (Å²) in [5, 5.41) is 10.8. The van der Waals surface area contributed by atoms with Crippen LogP contribution in [0, 0.1) is 0 Å². The zero-order valence-electron chi connectivity index (χ0n) is 18.7. The van der Waals surface area contributed by atoms with Gasteiger partial charge in [0.15, 0.2) is 11.0 Å². The number of carbonyl (C=O) groups excluding carboxylic acids is 1. The number of amides is 1. The van der Waals surface area contributed by atoms with Crippen LogP contribution in [-0.4, -0.2) is 49.4 Å². The summed E-state index contributed by atoms with van der Waals surface area (Å²) < 4.78 is 2.08. The fraction of sp³-hybridized carbons (Fsp3) is 0.280. The molecule has 0 aliphatic carbocycles. The van der Waals surface area contributed by atoms with Gasteiger partial charge in [0, 0.05) is 36.1 Å². The van der Waals surface area contributed by atoms with Crippen LogP contribution in [0.25, 0.3) is 33.5 Å². The Kier molecular flexibility index (Phi) is 6.85. The first-order chi connectivity index (χ1) is 15.7. The van der Waals surface area contributed by atoms with Crippen molar-refractivity contribution in [2.45, 2.75) is 32.5 Å². The summed E-state index contributed by atoms with van der Waals surface area (Å²) in [5.74, 6) is 1.26. The average Bonchev–Trinajstić information content (AvgIpc) is 3.26. The maximum atomic E-state index is 12.5. The lowest BCUT2D eigenvalue weighted by Gasteiger charge is -2.18. The van der Waals surface area contributed by atoms with Gasteiger partial charge in [-0.15, -0.1) is 10.2 Å². The maximum Gasteiger partial charge on any atom is 0.233 e. The molecule has 0 unspecified atom stereocenters. The first kappa shape index (κ1) is 22.0. The predicted molar refractivity (Wildman–Crippen MR) is 131 cm³/mol. The van der Waals surface area contributed by atoms with Crippen molar-refractivity contribution in [2.75, 3.05) is 18.8 Å². The SMILES string of the molecule is CCN(CC)C(=O)CSc1nnc(-c2cc(-c3ccccc3)nc3ccccc23)n1CC. The standard InChI is InChI=1S/C25H27N5OS/c1-4-29(5-2)23(31)17-32-25-28-27-24(30(25)6-3)20-16-22(18-12-8-7-9-13-18)26-21-15-11-10-14-19(20)21/h7-16H,4-6,17H2,1-3H3. The van der Waals surface area contributed by atoms with E-state index in [-0.39, 0.29) is 5.91 Å². The van der Waals surface area contributed by atoms with Gasteiger partial charge in [0.2, 0.25) is 5.91 Å². The van der Waals surface area contributed by atoms with E-state index in [0.717, 1.165) is 38.7 Å². The molecule has 4 aromatic rings. The van der Waals surface area contributed by atoms with E-state index in [1.54, 1.807) is 0 Å². The van der Waals surface area contributed by atoms with Crippen LogP contribution < -0.4 is 0 Å². The molecular weight excluding hydrogens is 418 g/mol. The largest absolute Gasteiger partial charge is 0.343 e. The van der Waals surface area contributed by atoms with Crippen molar-refractivity contribution in [1.82, 2.24) is 24.6 Å². The van der Waals surface area contributed by atoms with Crippen LogP contribution in [0.4, 0.5) is 0 Å². The lowest BCUT2D eigenvalue weighted by molar-refractivity contribution is -0.127. The van der Waals surface area contributed by atoms with E-state index in [2.05, 4.69) is 46.0 Å². The zero-order chi connectivity index (χ0) is 22.5. The summed E-state index contributed by atoms with van der Waals surface area (Å²) in [4.78, 5) is 19.2. The highest BCUT2D eigenvalue weighted by Crippen LogP contribution is 2.33. The van der Waals surface area contributed by atoms with Crippen LogP contribution in [0.3, 0.4) is 0 Å². The number of pyridine rings is 1. The van der Waals surface area contributed by atoms with Crippen molar-refractivity contribution in [2.24, 2.45) is 0 Å². The van der Waals surface area contributed by atoms with Gasteiger partial charge in [0.25, 0.3) is 0 Å². The summed E-state index contributed by atoms with van der Waals surface area (Å²) in [5.41, 5.74) is 3.86. The Morgan fingerprint density at radius 1 is 0.969 bits per heavy atom.